The number of hydrogen-bond acceptors (Lipinski definition) is 1. The molecule has 0 aliphatic heterocycles. The summed E-state index contributed by atoms with van der Waals surface area (Å²) < 4.78 is 1.10. The summed E-state index contributed by atoms with van der Waals surface area (Å²) in [6.45, 7) is 3.68. The maximum atomic E-state index is 6.19. The molecule has 0 heterocycles. The SMILES string of the molecule is Cc1ccc(CNCc2ccc(Br)cc2)c(Cl)c1. The zero-order chi connectivity index (χ0) is 13.0. The Kier molecular flexibility index (Phi) is 4.81. The van der Waals surface area contributed by atoms with Crippen LogP contribution in [0.2, 0.25) is 5.02 Å². The summed E-state index contributed by atoms with van der Waals surface area (Å²) in [6, 6.07) is 14.5. The van der Waals surface area contributed by atoms with Crippen LogP contribution in [0, 0.1) is 6.92 Å². The van der Waals surface area contributed by atoms with Gasteiger partial charge in [0.05, 0.1) is 0 Å². The average Bonchev–Trinajstić information content (AvgIpc) is 2.34. The number of rotatable bonds is 4. The Morgan fingerprint density at radius 2 is 1.78 bits per heavy atom. The molecule has 0 aromatic heterocycles. The van der Waals surface area contributed by atoms with E-state index < -0.39 is 0 Å². The molecule has 1 nitrogen and oxygen atoms in total. The van der Waals surface area contributed by atoms with Gasteiger partial charge in [-0.3, -0.25) is 0 Å². The monoisotopic (exact) mass is 323 g/mol. The van der Waals surface area contributed by atoms with Crippen LogP contribution in [0.25, 0.3) is 0 Å². The van der Waals surface area contributed by atoms with E-state index >= 15 is 0 Å². The molecule has 0 aliphatic rings. The first-order chi connectivity index (χ1) is 8.65. The van der Waals surface area contributed by atoms with E-state index in [0.29, 0.717) is 0 Å². The number of benzene rings is 2. The third-order valence-corrected chi connectivity index (χ3v) is 3.65. The van der Waals surface area contributed by atoms with Gasteiger partial charge in [0, 0.05) is 22.6 Å². The molecule has 0 fully saturated rings. The predicted octanol–water partition coefficient (Wildman–Crippen LogP) is 4.70. The summed E-state index contributed by atoms with van der Waals surface area (Å²) in [5, 5.41) is 4.23. The Labute approximate surface area is 121 Å². The minimum Gasteiger partial charge on any atom is -0.309 e. The van der Waals surface area contributed by atoms with E-state index in [0.717, 1.165) is 28.1 Å². The van der Waals surface area contributed by atoms with Crippen molar-refractivity contribution in [3.05, 3.63) is 68.7 Å². The highest BCUT2D eigenvalue weighted by Gasteiger charge is 2.00. The van der Waals surface area contributed by atoms with Crippen molar-refractivity contribution >= 4 is 27.5 Å². The Balaban J connectivity index is 1.90. The van der Waals surface area contributed by atoms with Crippen molar-refractivity contribution in [3.63, 3.8) is 0 Å². The molecule has 0 atom stereocenters. The standard InChI is InChI=1S/C15H15BrClN/c1-11-2-5-13(15(17)8-11)10-18-9-12-3-6-14(16)7-4-12/h2-8,18H,9-10H2,1H3. The fourth-order valence-electron chi connectivity index (χ4n) is 1.74. The first-order valence-corrected chi connectivity index (χ1v) is 7.02. The van der Waals surface area contributed by atoms with Gasteiger partial charge < -0.3 is 5.32 Å². The van der Waals surface area contributed by atoms with Crippen LogP contribution >= 0.6 is 27.5 Å². The van der Waals surface area contributed by atoms with E-state index in [-0.39, 0.29) is 0 Å². The largest absolute Gasteiger partial charge is 0.309 e. The fraction of sp³-hybridized carbons (Fsp3) is 0.200. The van der Waals surface area contributed by atoms with Crippen molar-refractivity contribution in [2.45, 2.75) is 20.0 Å². The molecule has 3 heteroatoms. The topological polar surface area (TPSA) is 12.0 Å². The predicted molar refractivity (Wildman–Crippen MR) is 80.9 cm³/mol. The van der Waals surface area contributed by atoms with Gasteiger partial charge in [-0.15, -0.1) is 0 Å². The first-order valence-electron chi connectivity index (χ1n) is 5.85. The van der Waals surface area contributed by atoms with E-state index in [9.17, 15) is 0 Å². The van der Waals surface area contributed by atoms with Gasteiger partial charge in [-0.1, -0.05) is 51.8 Å². The molecular weight excluding hydrogens is 310 g/mol. The van der Waals surface area contributed by atoms with E-state index in [4.69, 9.17) is 11.6 Å². The van der Waals surface area contributed by atoms with Gasteiger partial charge in [0.1, 0.15) is 0 Å². The van der Waals surface area contributed by atoms with Gasteiger partial charge in [0.25, 0.3) is 0 Å². The molecule has 1 N–H and O–H groups in total. The molecule has 2 aromatic carbocycles. The minimum atomic E-state index is 0.787. The lowest BCUT2D eigenvalue weighted by Gasteiger charge is -2.07. The summed E-state index contributed by atoms with van der Waals surface area (Å²) in [7, 11) is 0. The Hall–Kier alpha value is -0.830. The molecule has 18 heavy (non-hydrogen) atoms. The highest BCUT2D eigenvalue weighted by Crippen LogP contribution is 2.17. The molecule has 0 saturated carbocycles. The molecule has 0 unspecified atom stereocenters. The van der Waals surface area contributed by atoms with E-state index in [1.807, 2.05) is 13.0 Å². The third-order valence-electron chi connectivity index (χ3n) is 2.77. The van der Waals surface area contributed by atoms with Crippen molar-refractivity contribution in [3.8, 4) is 0 Å². The highest BCUT2D eigenvalue weighted by atomic mass is 79.9. The molecule has 0 saturated heterocycles. The molecule has 0 radical (unpaired) electrons. The van der Waals surface area contributed by atoms with Crippen LogP contribution in [0.5, 0.6) is 0 Å². The molecule has 0 aliphatic carbocycles. The summed E-state index contributed by atoms with van der Waals surface area (Å²) in [4.78, 5) is 0. The van der Waals surface area contributed by atoms with Crippen molar-refractivity contribution < 1.29 is 0 Å². The van der Waals surface area contributed by atoms with Gasteiger partial charge in [-0.2, -0.15) is 0 Å². The molecule has 2 rings (SSSR count). The maximum Gasteiger partial charge on any atom is 0.0453 e. The highest BCUT2D eigenvalue weighted by molar-refractivity contribution is 9.10. The Bertz CT molecular complexity index is 523. The van der Waals surface area contributed by atoms with Crippen LogP contribution in [0.15, 0.2) is 46.9 Å². The van der Waals surface area contributed by atoms with Crippen LogP contribution in [-0.2, 0) is 13.1 Å². The van der Waals surface area contributed by atoms with Crippen molar-refractivity contribution in [1.82, 2.24) is 5.32 Å². The third kappa shape index (κ3) is 3.84. The second kappa shape index (κ2) is 6.37. The molecule has 94 valence electrons. The quantitative estimate of drug-likeness (QED) is 0.859. The zero-order valence-corrected chi connectivity index (χ0v) is 12.6. The molecule has 2 aromatic rings. The Morgan fingerprint density at radius 1 is 1.06 bits per heavy atom. The summed E-state index contributed by atoms with van der Waals surface area (Å²) in [6.07, 6.45) is 0. The molecular formula is C15H15BrClN. The lowest BCUT2D eigenvalue weighted by Crippen LogP contribution is -2.12. The average molecular weight is 325 g/mol. The molecule has 0 amide bonds. The molecule has 0 bridgehead atoms. The lowest BCUT2D eigenvalue weighted by atomic mass is 10.1. The van der Waals surface area contributed by atoms with Crippen LogP contribution in [-0.4, -0.2) is 0 Å². The fourth-order valence-corrected chi connectivity index (χ4v) is 2.31. The smallest absolute Gasteiger partial charge is 0.0453 e. The van der Waals surface area contributed by atoms with Gasteiger partial charge in [-0.25, -0.2) is 0 Å². The zero-order valence-electron chi connectivity index (χ0n) is 10.2. The van der Waals surface area contributed by atoms with Crippen molar-refractivity contribution in [2.75, 3.05) is 0 Å². The minimum absolute atomic E-state index is 0.787. The van der Waals surface area contributed by atoms with Crippen LogP contribution in [0.3, 0.4) is 0 Å². The number of aryl methyl sites for hydroxylation is 1. The Morgan fingerprint density at radius 3 is 2.44 bits per heavy atom. The van der Waals surface area contributed by atoms with E-state index in [2.05, 4.69) is 57.6 Å². The summed E-state index contributed by atoms with van der Waals surface area (Å²) >= 11 is 9.61. The van der Waals surface area contributed by atoms with E-state index in [1.54, 1.807) is 0 Å². The number of hydrogen-bond donors (Lipinski definition) is 1. The van der Waals surface area contributed by atoms with Crippen LogP contribution < -0.4 is 5.32 Å². The second-order valence-electron chi connectivity index (χ2n) is 4.32. The van der Waals surface area contributed by atoms with Crippen molar-refractivity contribution in [2.24, 2.45) is 0 Å². The van der Waals surface area contributed by atoms with Gasteiger partial charge in [0.15, 0.2) is 0 Å². The lowest BCUT2D eigenvalue weighted by molar-refractivity contribution is 0.693. The summed E-state index contributed by atoms with van der Waals surface area (Å²) in [5.74, 6) is 0. The normalized spacial score (nSPS) is 10.6. The van der Waals surface area contributed by atoms with Crippen LogP contribution in [0.4, 0.5) is 0 Å². The molecule has 0 spiro atoms. The van der Waals surface area contributed by atoms with E-state index in [1.165, 1.54) is 11.1 Å². The van der Waals surface area contributed by atoms with Gasteiger partial charge in [-0.05, 0) is 41.8 Å². The van der Waals surface area contributed by atoms with Gasteiger partial charge >= 0.3 is 0 Å². The second-order valence-corrected chi connectivity index (χ2v) is 5.65. The van der Waals surface area contributed by atoms with Crippen LogP contribution in [0.1, 0.15) is 16.7 Å². The summed E-state index contributed by atoms with van der Waals surface area (Å²) in [5.41, 5.74) is 3.59. The van der Waals surface area contributed by atoms with Gasteiger partial charge in [0.2, 0.25) is 0 Å². The first kappa shape index (κ1) is 13.6. The number of halogens is 2. The number of nitrogens with one attached hydrogen (secondary N) is 1. The maximum absolute atomic E-state index is 6.19. The van der Waals surface area contributed by atoms with Crippen molar-refractivity contribution in [1.29, 1.82) is 0 Å².